The number of rotatable bonds is 4. The van der Waals surface area contributed by atoms with Crippen molar-refractivity contribution in [2.24, 2.45) is 5.92 Å². The van der Waals surface area contributed by atoms with E-state index >= 15 is 0 Å². The molecule has 0 amide bonds. The predicted molar refractivity (Wildman–Crippen MR) is 82.1 cm³/mol. The Balaban J connectivity index is 2.59. The first-order valence-electron chi connectivity index (χ1n) is 6.43. The zero-order chi connectivity index (χ0) is 13.1. The second kappa shape index (κ2) is 5.70. The monoisotopic (exact) mass is 306 g/mol. The molecule has 1 aromatic heterocycles. The summed E-state index contributed by atoms with van der Waals surface area (Å²) in [6.45, 7) is 7.48. The smallest absolute Gasteiger partial charge is 0.0867 e. The van der Waals surface area contributed by atoms with Crippen molar-refractivity contribution in [3.8, 4) is 0 Å². The molecule has 0 saturated carbocycles. The van der Waals surface area contributed by atoms with Crippen molar-refractivity contribution >= 4 is 32.5 Å². The number of nitrogens with zero attached hydrogens (tertiary/aromatic N) is 1. The number of nitrogens with one attached hydrogen (secondary N) is 1. The van der Waals surface area contributed by atoms with Crippen LogP contribution in [0.5, 0.6) is 0 Å². The molecule has 18 heavy (non-hydrogen) atoms. The third-order valence-electron chi connectivity index (χ3n) is 2.83. The van der Waals surface area contributed by atoms with Crippen LogP contribution in [-0.2, 0) is 6.42 Å². The Kier molecular flexibility index (Phi) is 4.23. The standard InChI is InChI=1S/C15H19BrN2/c1-4-17-14-9-11(8-10(2)3)18-15-12(14)6-5-7-13(15)16/h5-7,9-10H,4,8H2,1-3H3,(H,17,18). The van der Waals surface area contributed by atoms with Gasteiger partial charge in [-0.05, 0) is 47.3 Å². The highest BCUT2D eigenvalue weighted by atomic mass is 79.9. The van der Waals surface area contributed by atoms with Crippen LogP contribution in [0.2, 0.25) is 0 Å². The lowest BCUT2D eigenvalue weighted by Gasteiger charge is -2.12. The normalized spacial score (nSPS) is 11.2. The number of hydrogen-bond acceptors (Lipinski definition) is 2. The summed E-state index contributed by atoms with van der Waals surface area (Å²) in [5, 5.41) is 4.61. The van der Waals surface area contributed by atoms with Crippen LogP contribution in [0, 0.1) is 5.92 Å². The van der Waals surface area contributed by atoms with Gasteiger partial charge in [-0.3, -0.25) is 4.98 Å². The van der Waals surface area contributed by atoms with E-state index in [0.717, 1.165) is 28.6 Å². The van der Waals surface area contributed by atoms with Gasteiger partial charge in [-0.15, -0.1) is 0 Å². The summed E-state index contributed by atoms with van der Waals surface area (Å²) in [5.74, 6) is 0.618. The highest BCUT2D eigenvalue weighted by Crippen LogP contribution is 2.29. The third kappa shape index (κ3) is 2.83. The third-order valence-corrected chi connectivity index (χ3v) is 3.47. The topological polar surface area (TPSA) is 24.9 Å². The van der Waals surface area contributed by atoms with Crippen LogP contribution >= 0.6 is 15.9 Å². The Bertz CT molecular complexity index is 549. The molecule has 0 aliphatic carbocycles. The predicted octanol–water partition coefficient (Wildman–Crippen LogP) is 4.63. The minimum atomic E-state index is 0.618. The Morgan fingerprint density at radius 3 is 2.78 bits per heavy atom. The lowest BCUT2D eigenvalue weighted by molar-refractivity contribution is 0.637. The van der Waals surface area contributed by atoms with Gasteiger partial charge in [-0.2, -0.15) is 0 Å². The quantitative estimate of drug-likeness (QED) is 0.891. The molecule has 2 aromatic rings. The maximum atomic E-state index is 4.77. The van der Waals surface area contributed by atoms with Crippen LogP contribution in [0.25, 0.3) is 10.9 Å². The highest BCUT2D eigenvalue weighted by Gasteiger charge is 2.08. The van der Waals surface area contributed by atoms with Crippen molar-refractivity contribution in [2.75, 3.05) is 11.9 Å². The first-order valence-corrected chi connectivity index (χ1v) is 7.23. The van der Waals surface area contributed by atoms with Gasteiger partial charge in [0.1, 0.15) is 0 Å². The van der Waals surface area contributed by atoms with E-state index < -0.39 is 0 Å². The van der Waals surface area contributed by atoms with Gasteiger partial charge in [0.15, 0.2) is 0 Å². The van der Waals surface area contributed by atoms with Crippen LogP contribution in [0.15, 0.2) is 28.7 Å². The number of pyridine rings is 1. The number of para-hydroxylation sites is 1. The first kappa shape index (κ1) is 13.3. The molecule has 0 bridgehead atoms. The van der Waals surface area contributed by atoms with E-state index in [4.69, 9.17) is 4.98 Å². The van der Waals surface area contributed by atoms with Gasteiger partial charge in [0.2, 0.25) is 0 Å². The number of aromatic nitrogens is 1. The van der Waals surface area contributed by atoms with Crippen LogP contribution < -0.4 is 5.32 Å². The molecule has 0 saturated heterocycles. The van der Waals surface area contributed by atoms with Crippen LogP contribution in [0.4, 0.5) is 5.69 Å². The van der Waals surface area contributed by atoms with E-state index in [2.05, 4.69) is 60.2 Å². The largest absolute Gasteiger partial charge is 0.385 e. The van der Waals surface area contributed by atoms with Gasteiger partial charge in [0.05, 0.1) is 5.52 Å². The summed E-state index contributed by atoms with van der Waals surface area (Å²) < 4.78 is 1.06. The lowest BCUT2D eigenvalue weighted by atomic mass is 10.1. The van der Waals surface area contributed by atoms with Crippen LogP contribution in [-0.4, -0.2) is 11.5 Å². The molecule has 3 heteroatoms. The van der Waals surface area contributed by atoms with Crippen molar-refractivity contribution in [3.05, 3.63) is 34.4 Å². The van der Waals surface area contributed by atoms with Gasteiger partial charge in [-0.1, -0.05) is 26.0 Å². The number of halogens is 1. The molecule has 0 unspecified atom stereocenters. The summed E-state index contributed by atoms with van der Waals surface area (Å²) in [6, 6.07) is 8.39. The van der Waals surface area contributed by atoms with E-state index in [1.165, 1.54) is 11.1 Å². The molecular formula is C15H19BrN2. The summed E-state index contributed by atoms with van der Waals surface area (Å²) in [6.07, 6.45) is 1.01. The molecule has 1 heterocycles. The van der Waals surface area contributed by atoms with Gasteiger partial charge in [0.25, 0.3) is 0 Å². The fraction of sp³-hybridized carbons (Fsp3) is 0.400. The maximum absolute atomic E-state index is 4.77. The van der Waals surface area contributed by atoms with Crippen molar-refractivity contribution in [2.45, 2.75) is 27.2 Å². The van der Waals surface area contributed by atoms with E-state index in [1.54, 1.807) is 0 Å². The molecular weight excluding hydrogens is 288 g/mol. The average molecular weight is 307 g/mol. The minimum Gasteiger partial charge on any atom is -0.385 e. The van der Waals surface area contributed by atoms with Crippen LogP contribution in [0.1, 0.15) is 26.5 Å². The fourth-order valence-corrected chi connectivity index (χ4v) is 2.58. The molecule has 2 rings (SSSR count). The molecule has 0 atom stereocenters. The molecule has 0 aliphatic heterocycles. The Morgan fingerprint density at radius 2 is 2.11 bits per heavy atom. The van der Waals surface area contributed by atoms with E-state index in [1.807, 2.05) is 6.07 Å². The number of anilines is 1. The summed E-state index contributed by atoms with van der Waals surface area (Å²) in [5.41, 5.74) is 3.38. The van der Waals surface area contributed by atoms with Gasteiger partial charge in [0, 0.05) is 27.8 Å². The van der Waals surface area contributed by atoms with Crippen molar-refractivity contribution in [1.82, 2.24) is 4.98 Å². The molecule has 0 fully saturated rings. The molecule has 96 valence electrons. The second-order valence-electron chi connectivity index (χ2n) is 4.93. The zero-order valence-corrected chi connectivity index (χ0v) is 12.7. The Labute approximate surface area is 117 Å². The molecule has 0 spiro atoms. The Morgan fingerprint density at radius 1 is 1.33 bits per heavy atom. The highest BCUT2D eigenvalue weighted by molar-refractivity contribution is 9.10. The van der Waals surface area contributed by atoms with Crippen LogP contribution in [0.3, 0.4) is 0 Å². The van der Waals surface area contributed by atoms with E-state index in [9.17, 15) is 0 Å². The van der Waals surface area contributed by atoms with Crippen molar-refractivity contribution in [3.63, 3.8) is 0 Å². The Hall–Kier alpha value is -1.09. The maximum Gasteiger partial charge on any atom is 0.0867 e. The van der Waals surface area contributed by atoms with E-state index in [-0.39, 0.29) is 0 Å². The molecule has 1 aromatic carbocycles. The lowest BCUT2D eigenvalue weighted by Crippen LogP contribution is -2.03. The molecule has 1 N–H and O–H groups in total. The summed E-state index contributed by atoms with van der Waals surface area (Å²) >= 11 is 3.59. The average Bonchev–Trinajstić information content (AvgIpc) is 2.30. The summed E-state index contributed by atoms with van der Waals surface area (Å²) in [4.78, 5) is 4.77. The van der Waals surface area contributed by atoms with Crippen molar-refractivity contribution < 1.29 is 0 Å². The molecule has 0 radical (unpaired) electrons. The number of benzene rings is 1. The SMILES string of the molecule is CCNc1cc(CC(C)C)nc2c(Br)cccc12. The number of hydrogen-bond donors (Lipinski definition) is 1. The number of fused-ring (bicyclic) bond motifs is 1. The van der Waals surface area contributed by atoms with Gasteiger partial charge >= 0.3 is 0 Å². The fourth-order valence-electron chi connectivity index (χ4n) is 2.13. The zero-order valence-electron chi connectivity index (χ0n) is 11.1. The van der Waals surface area contributed by atoms with E-state index in [0.29, 0.717) is 5.92 Å². The molecule has 2 nitrogen and oxygen atoms in total. The second-order valence-corrected chi connectivity index (χ2v) is 5.78. The first-order chi connectivity index (χ1) is 8.61. The summed E-state index contributed by atoms with van der Waals surface area (Å²) in [7, 11) is 0. The van der Waals surface area contributed by atoms with Gasteiger partial charge in [-0.25, -0.2) is 0 Å². The minimum absolute atomic E-state index is 0.618. The molecule has 0 aliphatic rings. The van der Waals surface area contributed by atoms with Crippen molar-refractivity contribution in [1.29, 1.82) is 0 Å². The van der Waals surface area contributed by atoms with Gasteiger partial charge < -0.3 is 5.32 Å².